The Morgan fingerprint density at radius 1 is 1.47 bits per heavy atom. The second-order valence-corrected chi connectivity index (χ2v) is 4.54. The molecule has 0 radical (unpaired) electrons. The van der Waals surface area contributed by atoms with Gasteiger partial charge in [0.15, 0.2) is 0 Å². The van der Waals surface area contributed by atoms with Gasteiger partial charge >= 0.3 is 12.0 Å². The first-order chi connectivity index (χ1) is 8.93. The Balaban J connectivity index is 2.58. The van der Waals surface area contributed by atoms with Gasteiger partial charge in [-0.05, 0) is 18.8 Å². The summed E-state index contributed by atoms with van der Waals surface area (Å²) in [6, 6.07) is -1.91. The van der Waals surface area contributed by atoms with Crippen LogP contribution in [0.15, 0.2) is 0 Å². The number of carbonyl (C=O) groups is 3. The van der Waals surface area contributed by atoms with Gasteiger partial charge < -0.3 is 21.1 Å². The summed E-state index contributed by atoms with van der Waals surface area (Å²) in [6.07, 6.45) is 6.80. The van der Waals surface area contributed by atoms with Gasteiger partial charge in [-0.25, -0.2) is 9.59 Å². The Morgan fingerprint density at radius 2 is 2.11 bits per heavy atom. The number of amides is 3. The maximum atomic E-state index is 11.9. The SMILES string of the molecule is C#CCN(CC1CC1)C(=O)NC(CC(N)=O)C(=O)O. The molecule has 0 aromatic rings. The van der Waals surface area contributed by atoms with Crippen molar-refractivity contribution in [2.45, 2.75) is 25.3 Å². The highest BCUT2D eigenvalue weighted by molar-refractivity contribution is 5.87. The van der Waals surface area contributed by atoms with E-state index in [-0.39, 0.29) is 6.54 Å². The van der Waals surface area contributed by atoms with E-state index in [1.807, 2.05) is 0 Å². The Labute approximate surface area is 111 Å². The van der Waals surface area contributed by atoms with Crippen molar-refractivity contribution in [1.29, 1.82) is 0 Å². The molecule has 1 atom stereocenters. The molecule has 1 aliphatic carbocycles. The molecule has 104 valence electrons. The quantitative estimate of drug-likeness (QED) is 0.533. The van der Waals surface area contributed by atoms with Crippen molar-refractivity contribution in [2.75, 3.05) is 13.1 Å². The number of aliphatic carboxylic acids is 1. The van der Waals surface area contributed by atoms with E-state index in [0.717, 1.165) is 12.8 Å². The highest BCUT2D eigenvalue weighted by Gasteiger charge is 2.29. The summed E-state index contributed by atoms with van der Waals surface area (Å²) in [7, 11) is 0. The average molecular weight is 267 g/mol. The molecule has 0 aromatic heterocycles. The summed E-state index contributed by atoms with van der Waals surface area (Å²) in [5.74, 6) is 0.681. The fourth-order valence-corrected chi connectivity index (χ4v) is 1.58. The van der Waals surface area contributed by atoms with Crippen molar-refractivity contribution < 1.29 is 19.5 Å². The van der Waals surface area contributed by atoms with E-state index >= 15 is 0 Å². The second kappa shape index (κ2) is 6.64. The zero-order chi connectivity index (χ0) is 14.4. The van der Waals surface area contributed by atoms with E-state index < -0.39 is 30.4 Å². The third kappa shape index (κ3) is 5.29. The molecule has 1 unspecified atom stereocenters. The summed E-state index contributed by atoms with van der Waals surface area (Å²) < 4.78 is 0. The molecule has 0 spiro atoms. The molecule has 0 heterocycles. The Morgan fingerprint density at radius 3 is 2.53 bits per heavy atom. The maximum Gasteiger partial charge on any atom is 0.326 e. The monoisotopic (exact) mass is 267 g/mol. The van der Waals surface area contributed by atoms with Gasteiger partial charge in [0.25, 0.3) is 0 Å². The number of carboxylic acid groups (broad SMARTS) is 1. The molecular weight excluding hydrogens is 250 g/mol. The fourth-order valence-electron chi connectivity index (χ4n) is 1.58. The van der Waals surface area contributed by atoms with Gasteiger partial charge in [0.05, 0.1) is 13.0 Å². The van der Waals surface area contributed by atoms with Crippen LogP contribution < -0.4 is 11.1 Å². The Bertz CT molecular complexity index is 412. The van der Waals surface area contributed by atoms with Crippen LogP contribution in [-0.2, 0) is 9.59 Å². The molecule has 4 N–H and O–H groups in total. The normalized spacial score (nSPS) is 15.1. The van der Waals surface area contributed by atoms with Gasteiger partial charge in [0.1, 0.15) is 6.04 Å². The second-order valence-electron chi connectivity index (χ2n) is 4.54. The first-order valence-corrected chi connectivity index (χ1v) is 5.94. The van der Waals surface area contributed by atoms with E-state index in [1.165, 1.54) is 4.90 Å². The van der Waals surface area contributed by atoms with Crippen LogP contribution in [0.4, 0.5) is 4.79 Å². The van der Waals surface area contributed by atoms with E-state index in [9.17, 15) is 14.4 Å². The van der Waals surface area contributed by atoms with Gasteiger partial charge in [0.2, 0.25) is 5.91 Å². The lowest BCUT2D eigenvalue weighted by atomic mass is 10.2. The number of urea groups is 1. The first kappa shape index (κ1) is 14.8. The topological polar surface area (TPSA) is 113 Å². The van der Waals surface area contributed by atoms with Crippen LogP contribution in [-0.4, -0.2) is 47.0 Å². The number of primary amides is 1. The number of nitrogens with one attached hydrogen (secondary N) is 1. The molecule has 7 heteroatoms. The van der Waals surface area contributed by atoms with Gasteiger partial charge in [-0.1, -0.05) is 5.92 Å². The number of hydrogen-bond acceptors (Lipinski definition) is 3. The van der Waals surface area contributed by atoms with Crippen molar-refractivity contribution in [3.8, 4) is 12.3 Å². The lowest BCUT2D eigenvalue weighted by Gasteiger charge is -2.23. The standard InChI is InChI=1S/C12H17N3O4/c1-2-5-15(7-8-3-4-8)12(19)14-9(11(17)18)6-10(13)16/h1,8-9H,3-7H2,(H2,13,16)(H,14,19)(H,17,18). The van der Waals surface area contributed by atoms with E-state index in [0.29, 0.717) is 12.5 Å². The Hall–Kier alpha value is -2.23. The van der Waals surface area contributed by atoms with Crippen molar-refractivity contribution in [2.24, 2.45) is 11.7 Å². The first-order valence-electron chi connectivity index (χ1n) is 5.94. The van der Waals surface area contributed by atoms with Gasteiger partial charge in [-0.3, -0.25) is 4.79 Å². The Kier molecular flexibility index (Phi) is 5.18. The third-order valence-electron chi connectivity index (χ3n) is 2.75. The minimum absolute atomic E-state index is 0.102. The van der Waals surface area contributed by atoms with Crippen molar-refractivity contribution in [3.63, 3.8) is 0 Å². The predicted molar refractivity (Wildman–Crippen MR) is 66.9 cm³/mol. The number of carboxylic acids is 1. The molecule has 1 saturated carbocycles. The maximum absolute atomic E-state index is 11.9. The minimum Gasteiger partial charge on any atom is -0.480 e. The smallest absolute Gasteiger partial charge is 0.326 e. The largest absolute Gasteiger partial charge is 0.480 e. The molecule has 7 nitrogen and oxygen atoms in total. The molecule has 1 fully saturated rings. The molecule has 0 aliphatic heterocycles. The van der Waals surface area contributed by atoms with Crippen LogP contribution in [0.25, 0.3) is 0 Å². The number of nitrogens with two attached hydrogens (primary N) is 1. The molecule has 3 amide bonds. The molecule has 19 heavy (non-hydrogen) atoms. The number of terminal acetylenes is 1. The summed E-state index contributed by atoms with van der Waals surface area (Å²) in [5, 5.41) is 11.2. The summed E-state index contributed by atoms with van der Waals surface area (Å²) in [5.41, 5.74) is 4.93. The number of hydrogen-bond donors (Lipinski definition) is 3. The van der Waals surface area contributed by atoms with Gasteiger partial charge in [-0.15, -0.1) is 6.42 Å². The number of rotatable bonds is 7. The molecule has 1 aliphatic rings. The van der Waals surface area contributed by atoms with Crippen LogP contribution in [0.5, 0.6) is 0 Å². The summed E-state index contributed by atoms with van der Waals surface area (Å²) >= 11 is 0. The van der Waals surface area contributed by atoms with Crippen molar-refractivity contribution in [3.05, 3.63) is 0 Å². The van der Waals surface area contributed by atoms with Crippen LogP contribution in [0.2, 0.25) is 0 Å². The highest BCUT2D eigenvalue weighted by Crippen LogP contribution is 2.29. The van der Waals surface area contributed by atoms with E-state index in [2.05, 4.69) is 11.2 Å². The van der Waals surface area contributed by atoms with Crippen LogP contribution in [0.3, 0.4) is 0 Å². The van der Waals surface area contributed by atoms with Crippen molar-refractivity contribution >= 4 is 17.9 Å². The summed E-state index contributed by atoms with van der Waals surface area (Å²) in [6.45, 7) is 0.601. The molecule has 0 bridgehead atoms. The third-order valence-corrected chi connectivity index (χ3v) is 2.75. The van der Waals surface area contributed by atoms with E-state index in [4.69, 9.17) is 17.3 Å². The zero-order valence-corrected chi connectivity index (χ0v) is 10.5. The average Bonchev–Trinajstić information content (AvgIpc) is 3.10. The number of nitrogens with zero attached hydrogens (tertiary/aromatic N) is 1. The molecular formula is C12H17N3O4. The molecule has 1 rings (SSSR count). The van der Waals surface area contributed by atoms with E-state index in [1.54, 1.807) is 0 Å². The minimum atomic E-state index is -1.33. The van der Waals surface area contributed by atoms with Crippen LogP contribution in [0.1, 0.15) is 19.3 Å². The highest BCUT2D eigenvalue weighted by atomic mass is 16.4. The lowest BCUT2D eigenvalue weighted by Crippen LogP contribution is -2.49. The summed E-state index contributed by atoms with van der Waals surface area (Å²) in [4.78, 5) is 34.9. The van der Waals surface area contributed by atoms with Crippen LogP contribution in [0, 0.1) is 18.3 Å². The molecule has 0 aromatic carbocycles. The molecule has 0 saturated heterocycles. The van der Waals surface area contributed by atoms with Gasteiger partial charge in [-0.2, -0.15) is 0 Å². The zero-order valence-electron chi connectivity index (χ0n) is 10.5. The van der Waals surface area contributed by atoms with Crippen LogP contribution >= 0.6 is 0 Å². The lowest BCUT2D eigenvalue weighted by molar-refractivity contribution is -0.140. The number of carbonyl (C=O) groups excluding carboxylic acids is 2. The predicted octanol–water partition coefficient (Wildman–Crippen LogP) is -0.630. The van der Waals surface area contributed by atoms with Crippen molar-refractivity contribution in [1.82, 2.24) is 10.2 Å². The fraction of sp³-hybridized carbons (Fsp3) is 0.583. The van der Waals surface area contributed by atoms with Gasteiger partial charge in [0, 0.05) is 6.54 Å².